The predicted octanol–water partition coefficient (Wildman–Crippen LogP) is 5.49. The summed E-state index contributed by atoms with van der Waals surface area (Å²) in [6.45, 7) is 9.76. The van der Waals surface area contributed by atoms with Crippen LogP contribution in [0.1, 0.15) is 47.6 Å². The Balaban J connectivity index is 2.06. The third kappa shape index (κ3) is 4.99. The van der Waals surface area contributed by atoms with Gasteiger partial charge in [-0.2, -0.15) is 5.26 Å². The van der Waals surface area contributed by atoms with Crippen LogP contribution in [0.2, 0.25) is 5.02 Å². The zero-order valence-electron chi connectivity index (χ0n) is 19.4. The number of nitriles is 1. The van der Waals surface area contributed by atoms with Crippen LogP contribution in [-0.2, 0) is 20.9 Å². The van der Waals surface area contributed by atoms with Crippen molar-refractivity contribution < 1.29 is 19.0 Å². The van der Waals surface area contributed by atoms with E-state index in [0.717, 1.165) is 33.6 Å². The van der Waals surface area contributed by atoms with Crippen LogP contribution >= 0.6 is 11.6 Å². The Hall–Kier alpha value is -3.43. The molecule has 0 unspecified atom stereocenters. The summed E-state index contributed by atoms with van der Waals surface area (Å²) in [5.41, 5.74) is 11.1. The van der Waals surface area contributed by atoms with Gasteiger partial charge in [0, 0.05) is 5.02 Å². The van der Waals surface area contributed by atoms with Gasteiger partial charge in [-0.05, 0) is 80.6 Å². The molecule has 2 N–H and O–H groups in total. The number of allylic oxidation sites excluding steroid dienone is 2. The van der Waals surface area contributed by atoms with E-state index >= 15 is 0 Å². The lowest BCUT2D eigenvalue weighted by Gasteiger charge is -2.28. The Labute approximate surface area is 199 Å². The van der Waals surface area contributed by atoms with Crippen molar-refractivity contribution in [1.82, 2.24) is 0 Å². The molecular weight excluding hydrogens is 440 g/mol. The molecule has 0 fully saturated rings. The summed E-state index contributed by atoms with van der Waals surface area (Å²) in [6.07, 6.45) is 0. The van der Waals surface area contributed by atoms with E-state index in [2.05, 4.69) is 6.07 Å². The monoisotopic (exact) mass is 466 g/mol. The van der Waals surface area contributed by atoms with Crippen molar-refractivity contribution in [1.29, 1.82) is 5.26 Å². The largest absolute Gasteiger partial charge is 0.489 e. The van der Waals surface area contributed by atoms with Gasteiger partial charge < -0.3 is 19.9 Å². The smallest absolute Gasteiger partial charge is 0.338 e. The summed E-state index contributed by atoms with van der Waals surface area (Å²) in [7, 11) is 0. The summed E-state index contributed by atoms with van der Waals surface area (Å²) < 4.78 is 16.9. The Morgan fingerprint density at radius 1 is 1.15 bits per heavy atom. The van der Waals surface area contributed by atoms with Gasteiger partial charge in [-0.15, -0.1) is 0 Å². The van der Waals surface area contributed by atoms with Crippen LogP contribution in [0.15, 0.2) is 53.1 Å². The molecule has 1 heterocycles. The van der Waals surface area contributed by atoms with Crippen molar-refractivity contribution in [3.05, 3.63) is 86.0 Å². The van der Waals surface area contributed by atoms with Crippen LogP contribution in [0.3, 0.4) is 0 Å². The first-order chi connectivity index (χ1) is 15.7. The first-order valence-corrected chi connectivity index (χ1v) is 11.0. The minimum atomic E-state index is -0.695. The fourth-order valence-electron chi connectivity index (χ4n) is 3.98. The zero-order valence-corrected chi connectivity index (χ0v) is 20.2. The van der Waals surface area contributed by atoms with Crippen LogP contribution in [0.25, 0.3) is 0 Å². The molecule has 3 rings (SSSR count). The molecule has 7 heteroatoms. The standard InChI is InChI=1S/C26H27ClN2O4/c1-6-31-26(30)23-17(5)33-25(29)21(12-28)24(23)20-11-18(14(2)9-15(20)3)13-32-22-8-7-19(27)10-16(22)4/h7-11,24H,6,13,29H2,1-5H3/t24-/m0/s1. The molecule has 0 bridgehead atoms. The summed E-state index contributed by atoms with van der Waals surface area (Å²) in [6, 6.07) is 11.6. The van der Waals surface area contributed by atoms with Crippen LogP contribution < -0.4 is 10.5 Å². The van der Waals surface area contributed by atoms with Gasteiger partial charge in [0.2, 0.25) is 5.88 Å². The highest BCUT2D eigenvalue weighted by molar-refractivity contribution is 6.30. The van der Waals surface area contributed by atoms with E-state index in [1.807, 2.05) is 45.0 Å². The predicted molar refractivity (Wildman–Crippen MR) is 126 cm³/mol. The van der Waals surface area contributed by atoms with Gasteiger partial charge in [0.15, 0.2) is 0 Å². The molecule has 0 spiro atoms. The van der Waals surface area contributed by atoms with Gasteiger partial charge in [-0.3, -0.25) is 0 Å². The lowest BCUT2D eigenvalue weighted by Crippen LogP contribution is -2.26. The molecule has 33 heavy (non-hydrogen) atoms. The number of nitrogens with two attached hydrogens (primary N) is 1. The Bertz CT molecular complexity index is 1210. The third-order valence-electron chi connectivity index (χ3n) is 5.66. The molecule has 6 nitrogen and oxygen atoms in total. The van der Waals surface area contributed by atoms with E-state index < -0.39 is 11.9 Å². The van der Waals surface area contributed by atoms with E-state index in [9.17, 15) is 10.1 Å². The Morgan fingerprint density at radius 3 is 2.52 bits per heavy atom. The minimum absolute atomic E-state index is 0.0115. The molecule has 0 aliphatic carbocycles. The van der Waals surface area contributed by atoms with Gasteiger partial charge in [-0.25, -0.2) is 4.79 Å². The second-order valence-electron chi connectivity index (χ2n) is 7.95. The van der Waals surface area contributed by atoms with E-state index in [1.54, 1.807) is 19.9 Å². The van der Waals surface area contributed by atoms with E-state index in [-0.39, 0.29) is 23.6 Å². The van der Waals surface area contributed by atoms with Crippen LogP contribution in [-0.4, -0.2) is 12.6 Å². The molecule has 0 saturated carbocycles. The molecule has 0 aromatic heterocycles. The number of rotatable bonds is 6. The summed E-state index contributed by atoms with van der Waals surface area (Å²) in [5.74, 6) is -0.182. The van der Waals surface area contributed by atoms with Crippen molar-refractivity contribution in [2.24, 2.45) is 5.73 Å². The van der Waals surface area contributed by atoms with Crippen molar-refractivity contribution >= 4 is 17.6 Å². The first kappa shape index (κ1) is 24.2. The summed E-state index contributed by atoms with van der Waals surface area (Å²) in [4.78, 5) is 12.8. The molecule has 1 atom stereocenters. The number of carbonyl (C=O) groups excluding carboxylic acids is 1. The lowest BCUT2D eigenvalue weighted by atomic mass is 9.80. The quantitative estimate of drug-likeness (QED) is 0.565. The van der Waals surface area contributed by atoms with Gasteiger partial charge in [0.1, 0.15) is 29.8 Å². The molecule has 1 aliphatic heterocycles. The van der Waals surface area contributed by atoms with E-state index in [4.69, 9.17) is 31.5 Å². The Kier molecular flexibility index (Phi) is 7.35. The highest BCUT2D eigenvalue weighted by atomic mass is 35.5. The lowest BCUT2D eigenvalue weighted by molar-refractivity contribution is -0.139. The maximum absolute atomic E-state index is 12.8. The maximum Gasteiger partial charge on any atom is 0.338 e. The second kappa shape index (κ2) is 10.0. The van der Waals surface area contributed by atoms with Gasteiger partial charge in [0.05, 0.1) is 18.1 Å². The second-order valence-corrected chi connectivity index (χ2v) is 8.39. The number of halogens is 1. The summed E-state index contributed by atoms with van der Waals surface area (Å²) in [5, 5.41) is 10.5. The number of ether oxygens (including phenoxy) is 3. The number of aryl methyl sites for hydroxylation is 3. The molecular formula is C26H27ClN2O4. The third-order valence-corrected chi connectivity index (χ3v) is 5.89. The number of hydrogen-bond acceptors (Lipinski definition) is 6. The van der Waals surface area contributed by atoms with Crippen molar-refractivity contribution in [2.45, 2.75) is 47.1 Å². The average Bonchev–Trinajstić information content (AvgIpc) is 2.74. The first-order valence-electron chi connectivity index (χ1n) is 10.6. The van der Waals surface area contributed by atoms with E-state index in [0.29, 0.717) is 17.4 Å². The zero-order chi connectivity index (χ0) is 24.3. The topological polar surface area (TPSA) is 94.6 Å². The highest BCUT2D eigenvalue weighted by Gasteiger charge is 2.37. The number of carbonyl (C=O) groups is 1. The Morgan fingerprint density at radius 2 is 1.88 bits per heavy atom. The van der Waals surface area contributed by atoms with Gasteiger partial charge in [-0.1, -0.05) is 23.7 Å². The molecule has 0 radical (unpaired) electrons. The minimum Gasteiger partial charge on any atom is -0.489 e. The fraction of sp³-hybridized carbons (Fsp3) is 0.308. The number of hydrogen-bond donors (Lipinski definition) is 1. The number of esters is 1. The van der Waals surface area contributed by atoms with Gasteiger partial charge >= 0.3 is 5.97 Å². The number of benzene rings is 2. The van der Waals surface area contributed by atoms with Crippen molar-refractivity contribution in [2.75, 3.05) is 6.61 Å². The summed E-state index contributed by atoms with van der Waals surface area (Å²) >= 11 is 6.05. The highest BCUT2D eigenvalue weighted by Crippen LogP contribution is 2.41. The fourth-order valence-corrected chi connectivity index (χ4v) is 4.21. The number of nitrogens with zero attached hydrogens (tertiary/aromatic N) is 1. The molecule has 2 aromatic carbocycles. The van der Waals surface area contributed by atoms with Gasteiger partial charge in [0.25, 0.3) is 0 Å². The van der Waals surface area contributed by atoms with Crippen LogP contribution in [0.5, 0.6) is 5.75 Å². The molecule has 0 saturated heterocycles. The average molecular weight is 467 g/mol. The van der Waals surface area contributed by atoms with Crippen molar-refractivity contribution in [3.63, 3.8) is 0 Å². The van der Waals surface area contributed by atoms with Crippen LogP contribution in [0, 0.1) is 32.1 Å². The molecule has 172 valence electrons. The van der Waals surface area contributed by atoms with Crippen molar-refractivity contribution in [3.8, 4) is 11.8 Å². The molecule has 1 aliphatic rings. The maximum atomic E-state index is 12.8. The normalized spacial score (nSPS) is 15.7. The molecule has 2 aromatic rings. The SMILES string of the molecule is CCOC(=O)C1=C(C)OC(N)=C(C#N)[C@@H]1c1cc(COc2ccc(Cl)cc2C)c(C)cc1C. The molecule has 0 amide bonds. The van der Waals surface area contributed by atoms with Crippen LogP contribution in [0.4, 0.5) is 0 Å². The van der Waals surface area contributed by atoms with E-state index in [1.165, 1.54) is 0 Å².